The molecule has 4 heteroatoms. The number of rotatable bonds is 5. The Bertz CT molecular complexity index is 809. The number of hydrogen-bond acceptors (Lipinski definition) is 3. The second kappa shape index (κ2) is 7.24. The molecule has 1 atom stereocenters. The minimum Gasteiger partial charge on any atom is -0.490 e. The summed E-state index contributed by atoms with van der Waals surface area (Å²) in [5, 5.41) is 3.16. The lowest BCUT2D eigenvalue weighted by Crippen LogP contribution is -2.41. The maximum atomic E-state index is 12.7. The molecular formula is C22H25NO3. The Morgan fingerprint density at radius 3 is 2.73 bits per heavy atom. The van der Waals surface area contributed by atoms with Gasteiger partial charge in [-0.15, -0.1) is 0 Å². The van der Waals surface area contributed by atoms with E-state index < -0.39 is 0 Å². The Morgan fingerprint density at radius 1 is 1.31 bits per heavy atom. The molecule has 3 rings (SSSR count). The Kier molecular flexibility index (Phi) is 5.03. The monoisotopic (exact) mass is 351 g/mol. The Labute approximate surface area is 154 Å². The largest absolute Gasteiger partial charge is 0.490 e. The fourth-order valence-corrected chi connectivity index (χ4v) is 3.20. The fourth-order valence-electron chi connectivity index (χ4n) is 3.20. The predicted molar refractivity (Wildman–Crippen MR) is 103 cm³/mol. The number of aryl methyl sites for hydroxylation is 1. The van der Waals surface area contributed by atoms with Crippen molar-refractivity contribution in [3.05, 3.63) is 71.8 Å². The summed E-state index contributed by atoms with van der Waals surface area (Å²) in [6, 6.07) is 13.1. The molecule has 0 aromatic heterocycles. The maximum Gasteiger partial charge on any atom is 0.251 e. The molecule has 0 saturated carbocycles. The third kappa shape index (κ3) is 4.07. The number of fused-ring (bicyclic) bond motifs is 1. The van der Waals surface area contributed by atoms with Crippen LogP contribution < -0.4 is 14.8 Å². The Hall–Kier alpha value is -2.75. The molecule has 0 saturated heterocycles. The summed E-state index contributed by atoms with van der Waals surface area (Å²) in [6.07, 6.45) is 2.41. The van der Waals surface area contributed by atoms with E-state index in [4.69, 9.17) is 9.47 Å². The van der Waals surface area contributed by atoms with Gasteiger partial charge in [0, 0.05) is 17.5 Å². The van der Waals surface area contributed by atoms with Crippen LogP contribution in [0.3, 0.4) is 0 Å². The van der Waals surface area contributed by atoms with Gasteiger partial charge in [-0.25, -0.2) is 0 Å². The number of ether oxygens (including phenoxy) is 2. The summed E-state index contributed by atoms with van der Waals surface area (Å²) in [7, 11) is 0. The highest BCUT2D eigenvalue weighted by molar-refractivity contribution is 5.94. The minimum absolute atomic E-state index is 0.0853. The van der Waals surface area contributed by atoms with Gasteiger partial charge < -0.3 is 14.8 Å². The van der Waals surface area contributed by atoms with Gasteiger partial charge in [-0.1, -0.05) is 30.4 Å². The summed E-state index contributed by atoms with van der Waals surface area (Å²) in [4.78, 5) is 12.7. The summed E-state index contributed by atoms with van der Waals surface area (Å²) < 4.78 is 11.5. The van der Waals surface area contributed by atoms with Crippen LogP contribution in [0.4, 0.5) is 0 Å². The van der Waals surface area contributed by atoms with Gasteiger partial charge in [-0.05, 0) is 51.1 Å². The van der Waals surface area contributed by atoms with E-state index in [9.17, 15) is 4.79 Å². The zero-order valence-corrected chi connectivity index (χ0v) is 15.5. The van der Waals surface area contributed by atoms with Gasteiger partial charge in [-0.3, -0.25) is 4.79 Å². The van der Waals surface area contributed by atoms with E-state index in [0.717, 1.165) is 29.0 Å². The van der Waals surface area contributed by atoms with Crippen molar-refractivity contribution in [2.24, 2.45) is 0 Å². The SMILES string of the molecule is C=CCOc1ccc(C(=O)N[C@H]2CC(C)(C)Oc3ccc(C)cc32)cc1. The molecule has 1 amide bonds. The van der Waals surface area contributed by atoms with Gasteiger partial charge in [0.15, 0.2) is 0 Å². The number of amides is 1. The van der Waals surface area contributed by atoms with E-state index in [1.807, 2.05) is 32.9 Å². The Balaban J connectivity index is 1.78. The molecule has 1 aliphatic rings. The zero-order chi connectivity index (χ0) is 18.7. The molecule has 1 aliphatic heterocycles. The lowest BCUT2D eigenvalue weighted by Gasteiger charge is -2.38. The molecular weight excluding hydrogens is 326 g/mol. The number of carbonyl (C=O) groups excluding carboxylic acids is 1. The number of benzene rings is 2. The van der Waals surface area contributed by atoms with Crippen molar-refractivity contribution in [2.75, 3.05) is 6.61 Å². The van der Waals surface area contributed by atoms with Crippen LogP contribution in [0.15, 0.2) is 55.1 Å². The van der Waals surface area contributed by atoms with Crippen LogP contribution in [0.2, 0.25) is 0 Å². The minimum atomic E-state index is -0.331. The molecule has 26 heavy (non-hydrogen) atoms. The van der Waals surface area contributed by atoms with E-state index in [1.54, 1.807) is 30.3 Å². The molecule has 0 spiro atoms. The van der Waals surface area contributed by atoms with Crippen LogP contribution >= 0.6 is 0 Å². The molecule has 2 aromatic rings. The fraction of sp³-hybridized carbons (Fsp3) is 0.318. The third-order valence-electron chi connectivity index (χ3n) is 4.41. The average Bonchev–Trinajstić information content (AvgIpc) is 2.60. The van der Waals surface area contributed by atoms with Gasteiger partial charge >= 0.3 is 0 Å². The maximum absolute atomic E-state index is 12.7. The molecule has 1 heterocycles. The smallest absolute Gasteiger partial charge is 0.251 e. The first-order valence-corrected chi connectivity index (χ1v) is 8.82. The highest BCUT2D eigenvalue weighted by Gasteiger charge is 2.34. The van der Waals surface area contributed by atoms with E-state index in [0.29, 0.717) is 12.2 Å². The highest BCUT2D eigenvalue weighted by Crippen LogP contribution is 2.40. The molecule has 2 aromatic carbocycles. The predicted octanol–water partition coefficient (Wildman–Crippen LogP) is 4.59. The van der Waals surface area contributed by atoms with Crippen LogP contribution in [-0.2, 0) is 0 Å². The van der Waals surface area contributed by atoms with Gasteiger partial charge in [0.1, 0.15) is 23.7 Å². The molecule has 1 N–H and O–H groups in total. The van der Waals surface area contributed by atoms with Crippen molar-refractivity contribution < 1.29 is 14.3 Å². The summed E-state index contributed by atoms with van der Waals surface area (Å²) in [5.41, 5.74) is 2.45. The van der Waals surface area contributed by atoms with E-state index in [1.165, 1.54) is 0 Å². The van der Waals surface area contributed by atoms with Crippen molar-refractivity contribution in [3.8, 4) is 11.5 Å². The van der Waals surface area contributed by atoms with Crippen LogP contribution in [-0.4, -0.2) is 18.1 Å². The molecule has 0 fully saturated rings. The van der Waals surface area contributed by atoms with Crippen molar-refractivity contribution in [1.29, 1.82) is 0 Å². The first kappa shape index (κ1) is 18.1. The van der Waals surface area contributed by atoms with Crippen LogP contribution in [0.5, 0.6) is 11.5 Å². The summed E-state index contributed by atoms with van der Waals surface area (Å²) in [6.45, 7) is 10.2. The molecule has 0 aliphatic carbocycles. The first-order chi connectivity index (χ1) is 12.4. The molecule has 4 nitrogen and oxygen atoms in total. The summed E-state index contributed by atoms with van der Waals surface area (Å²) >= 11 is 0. The van der Waals surface area contributed by atoms with E-state index in [-0.39, 0.29) is 17.6 Å². The van der Waals surface area contributed by atoms with Crippen molar-refractivity contribution in [2.45, 2.75) is 38.8 Å². The number of nitrogens with one attached hydrogen (secondary N) is 1. The van der Waals surface area contributed by atoms with Crippen LogP contribution in [0, 0.1) is 6.92 Å². The molecule has 0 bridgehead atoms. The molecule has 136 valence electrons. The quantitative estimate of drug-likeness (QED) is 0.801. The van der Waals surface area contributed by atoms with Crippen molar-refractivity contribution in [3.63, 3.8) is 0 Å². The van der Waals surface area contributed by atoms with E-state index in [2.05, 4.69) is 18.0 Å². The average molecular weight is 351 g/mol. The first-order valence-electron chi connectivity index (χ1n) is 8.82. The third-order valence-corrected chi connectivity index (χ3v) is 4.41. The zero-order valence-electron chi connectivity index (χ0n) is 15.5. The van der Waals surface area contributed by atoms with Gasteiger partial charge in [0.2, 0.25) is 0 Å². The van der Waals surface area contributed by atoms with Crippen LogP contribution in [0.25, 0.3) is 0 Å². The van der Waals surface area contributed by atoms with E-state index >= 15 is 0 Å². The van der Waals surface area contributed by atoms with Crippen molar-refractivity contribution in [1.82, 2.24) is 5.32 Å². The lowest BCUT2D eigenvalue weighted by atomic mass is 9.88. The van der Waals surface area contributed by atoms with Gasteiger partial charge in [0.05, 0.1) is 6.04 Å². The highest BCUT2D eigenvalue weighted by atomic mass is 16.5. The Morgan fingerprint density at radius 2 is 2.04 bits per heavy atom. The molecule has 0 radical (unpaired) electrons. The van der Waals surface area contributed by atoms with Gasteiger partial charge in [0.25, 0.3) is 5.91 Å². The van der Waals surface area contributed by atoms with Crippen LogP contribution in [0.1, 0.15) is 47.8 Å². The standard InChI is InChI=1S/C22H25NO3/c1-5-12-25-17-9-7-16(8-10-17)21(24)23-19-14-22(3,4)26-20-11-6-15(2)13-18(19)20/h5-11,13,19H,1,12,14H2,2-4H3,(H,23,24)/t19-/m0/s1. The lowest BCUT2D eigenvalue weighted by molar-refractivity contribution is 0.0619. The number of hydrogen-bond donors (Lipinski definition) is 1. The summed E-state index contributed by atoms with van der Waals surface area (Å²) in [5.74, 6) is 1.45. The number of carbonyl (C=O) groups is 1. The van der Waals surface area contributed by atoms with Gasteiger partial charge in [-0.2, -0.15) is 0 Å². The van der Waals surface area contributed by atoms with Crippen molar-refractivity contribution >= 4 is 5.91 Å². The molecule has 0 unspecified atom stereocenters. The topological polar surface area (TPSA) is 47.6 Å². The normalized spacial score (nSPS) is 17.6. The second-order valence-electron chi connectivity index (χ2n) is 7.26. The second-order valence-corrected chi connectivity index (χ2v) is 7.26.